The molecular weight excluding hydrogens is 236 g/mol. The molecule has 0 saturated carbocycles. The Morgan fingerprint density at radius 1 is 1.32 bits per heavy atom. The van der Waals surface area contributed by atoms with E-state index in [0.717, 1.165) is 18.7 Å². The number of carbonyl (C=O) groups excluding carboxylic acids is 1. The van der Waals surface area contributed by atoms with Crippen LogP contribution in [0.1, 0.15) is 48.0 Å². The van der Waals surface area contributed by atoms with Gasteiger partial charge in [0.1, 0.15) is 0 Å². The molecule has 3 nitrogen and oxygen atoms in total. The van der Waals surface area contributed by atoms with E-state index in [0.29, 0.717) is 18.9 Å². The molecule has 19 heavy (non-hydrogen) atoms. The first-order valence-electron chi connectivity index (χ1n) is 7.18. The second-order valence-corrected chi connectivity index (χ2v) is 7.89. The van der Waals surface area contributed by atoms with Gasteiger partial charge in [-0.3, -0.25) is 4.79 Å². The maximum absolute atomic E-state index is 12.0. The van der Waals surface area contributed by atoms with Gasteiger partial charge in [-0.05, 0) is 37.7 Å². The van der Waals surface area contributed by atoms with Crippen molar-refractivity contribution in [2.45, 2.75) is 53.5 Å². The minimum Gasteiger partial charge on any atom is -0.338 e. The zero-order valence-corrected chi connectivity index (χ0v) is 13.5. The van der Waals surface area contributed by atoms with Crippen LogP contribution in [0.15, 0.2) is 12.2 Å². The Labute approximate surface area is 118 Å². The summed E-state index contributed by atoms with van der Waals surface area (Å²) in [5.74, 6) is 0.736. The third-order valence-electron chi connectivity index (χ3n) is 3.72. The molecule has 1 fully saturated rings. The molecule has 0 aliphatic carbocycles. The van der Waals surface area contributed by atoms with Gasteiger partial charge in [0, 0.05) is 31.6 Å². The lowest BCUT2D eigenvalue weighted by atomic mass is 9.80. The van der Waals surface area contributed by atoms with Gasteiger partial charge >= 0.3 is 0 Å². The number of nitrogens with one attached hydrogen (secondary N) is 1. The van der Waals surface area contributed by atoms with Crippen molar-refractivity contribution in [2.75, 3.05) is 19.6 Å². The summed E-state index contributed by atoms with van der Waals surface area (Å²) in [5.41, 5.74) is 1.37. The number of hydrogen-bond acceptors (Lipinski definition) is 2. The van der Waals surface area contributed by atoms with Crippen LogP contribution in [0.4, 0.5) is 0 Å². The summed E-state index contributed by atoms with van der Waals surface area (Å²) >= 11 is 0. The van der Waals surface area contributed by atoms with E-state index in [1.807, 2.05) is 4.90 Å². The predicted octanol–water partition coefficient (Wildman–Crippen LogP) is 2.83. The second-order valence-electron chi connectivity index (χ2n) is 7.89. The van der Waals surface area contributed by atoms with Crippen molar-refractivity contribution in [2.24, 2.45) is 11.3 Å². The molecule has 1 rings (SSSR count). The molecule has 0 bridgehead atoms. The Morgan fingerprint density at radius 3 is 2.32 bits per heavy atom. The van der Waals surface area contributed by atoms with Crippen molar-refractivity contribution < 1.29 is 4.79 Å². The Bertz CT molecular complexity index is 347. The molecule has 110 valence electrons. The molecule has 1 aliphatic rings. The topological polar surface area (TPSA) is 32.3 Å². The number of amides is 1. The van der Waals surface area contributed by atoms with E-state index in [-0.39, 0.29) is 16.9 Å². The molecule has 0 aromatic heterocycles. The fourth-order valence-electron chi connectivity index (χ4n) is 2.22. The maximum atomic E-state index is 12.0. The highest BCUT2D eigenvalue weighted by Gasteiger charge is 2.36. The predicted molar refractivity (Wildman–Crippen MR) is 81.0 cm³/mol. The monoisotopic (exact) mass is 266 g/mol. The first-order chi connectivity index (χ1) is 8.49. The quantitative estimate of drug-likeness (QED) is 0.794. The molecule has 0 radical (unpaired) electrons. The van der Waals surface area contributed by atoms with Crippen molar-refractivity contribution in [1.29, 1.82) is 0 Å². The van der Waals surface area contributed by atoms with E-state index in [2.05, 4.69) is 53.4 Å². The van der Waals surface area contributed by atoms with E-state index >= 15 is 0 Å². The zero-order chi connectivity index (χ0) is 14.8. The van der Waals surface area contributed by atoms with Crippen molar-refractivity contribution in [3.05, 3.63) is 12.2 Å². The van der Waals surface area contributed by atoms with Gasteiger partial charge in [0.15, 0.2) is 0 Å². The number of likely N-dealkylation sites (tertiary alicyclic amines) is 1. The van der Waals surface area contributed by atoms with Crippen LogP contribution in [-0.4, -0.2) is 36.0 Å². The summed E-state index contributed by atoms with van der Waals surface area (Å²) in [4.78, 5) is 14.0. The first-order valence-corrected chi connectivity index (χ1v) is 7.18. The zero-order valence-electron chi connectivity index (χ0n) is 13.5. The third kappa shape index (κ3) is 5.35. The van der Waals surface area contributed by atoms with Crippen molar-refractivity contribution in [3.63, 3.8) is 0 Å². The molecule has 1 heterocycles. The minimum absolute atomic E-state index is 0.0892. The molecule has 1 amide bonds. The molecule has 1 unspecified atom stereocenters. The van der Waals surface area contributed by atoms with Gasteiger partial charge in [0.2, 0.25) is 5.91 Å². The van der Waals surface area contributed by atoms with E-state index in [1.165, 1.54) is 0 Å². The van der Waals surface area contributed by atoms with E-state index < -0.39 is 0 Å². The fraction of sp³-hybridized carbons (Fsp3) is 0.812. The lowest BCUT2D eigenvalue weighted by Crippen LogP contribution is -2.39. The molecule has 0 aromatic rings. The van der Waals surface area contributed by atoms with Gasteiger partial charge in [-0.15, -0.1) is 0 Å². The summed E-state index contributed by atoms with van der Waals surface area (Å²) in [5, 5.41) is 3.41. The van der Waals surface area contributed by atoms with Crippen LogP contribution in [0.3, 0.4) is 0 Å². The van der Waals surface area contributed by atoms with Crippen LogP contribution in [0.25, 0.3) is 0 Å². The Balaban J connectivity index is 2.46. The minimum atomic E-state index is 0.0892. The van der Waals surface area contributed by atoms with Gasteiger partial charge in [0.25, 0.3) is 0 Å². The van der Waals surface area contributed by atoms with E-state index in [9.17, 15) is 4.79 Å². The number of nitrogens with zero attached hydrogens (tertiary/aromatic N) is 1. The molecule has 1 N–H and O–H groups in total. The van der Waals surface area contributed by atoms with Crippen LogP contribution in [0, 0.1) is 11.3 Å². The number of hydrogen-bond donors (Lipinski definition) is 1. The molecule has 3 heteroatoms. The van der Waals surface area contributed by atoms with Crippen molar-refractivity contribution in [1.82, 2.24) is 10.2 Å². The van der Waals surface area contributed by atoms with E-state index in [4.69, 9.17) is 0 Å². The summed E-state index contributed by atoms with van der Waals surface area (Å²) < 4.78 is 0. The highest BCUT2D eigenvalue weighted by atomic mass is 16.2. The fourth-order valence-corrected chi connectivity index (χ4v) is 2.22. The molecule has 1 saturated heterocycles. The lowest BCUT2D eigenvalue weighted by molar-refractivity contribution is -0.127. The summed E-state index contributed by atoms with van der Waals surface area (Å²) in [6.45, 7) is 19.5. The SMILES string of the molecule is C=C(CNC(C)(C)C)CN1CC(C(C)(C)C)CC1=O. The van der Waals surface area contributed by atoms with Gasteiger partial charge in [-0.2, -0.15) is 0 Å². The van der Waals surface area contributed by atoms with Gasteiger partial charge in [-0.1, -0.05) is 27.4 Å². The highest BCUT2D eigenvalue weighted by molar-refractivity contribution is 5.79. The smallest absolute Gasteiger partial charge is 0.223 e. The molecule has 1 aliphatic heterocycles. The summed E-state index contributed by atoms with van der Waals surface area (Å²) in [6, 6.07) is 0. The molecular formula is C16H30N2O. The van der Waals surface area contributed by atoms with E-state index in [1.54, 1.807) is 0 Å². The second kappa shape index (κ2) is 5.66. The summed E-state index contributed by atoms with van der Waals surface area (Å²) in [7, 11) is 0. The first kappa shape index (κ1) is 16.2. The normalized spacial score (nSPS) is 21.1. The molecule has 0 spiro atoms. The number of carbonyl (C=O) groups is 1. The van der Waals surface area contributed by atoms with Gasteiger partial charge < -0.3 is 10.2 Å². The van der Waals surface area contributed by atoms with Gasteiger partial charge in [0.05, 0.1) is 0 Å². The average molecular weight is 266 g/mol. The van der Waals surface area contributed by atoms with Gasteiger partial charge in [-0.25, -0.2) is 0 Å². The van der Waals surface area contributed by atoms with Crippen LogP contribution in [-0.2, 0) is 4.79 Å². The van der Waals surface area contributed by atoms with Crippen LogP contribution >= 0.6 is 0 Å². The molecule has 1 atom stereocenters. The standard InChI is InChI=1S/C16H30N2O/c1-12(9-17-16(5,6)7)10-18-11-13(8-14(18)19)15(2,3)4/h13,17H,1,8-11H2,2-7H3. The Hall–Kier alpha value is -0.830. The largest absolute Gasteiger partial charge is 0.338 e. The van der Waals surface area contributed by atoms with Crippen LogP contribution < -0.4 is 5.32 Å². The third-order valence-corrected chi connectivity index (χ3v) is 3.72. The summed E-state index contributed by atoms with van der Waals surface area (Å²) in [6.07, 6.45) is 0.684. The van der Waals surface area contributed by atoms with Crippen LogP contribution in [0.5, 0.6) is 0 Å². The van der Waals surface area contributed by atoms with Crippen LogP contribution in [0.2, 0.25) is 0 Å². The Kier molecular flexibility index (Phi) is 4.83. The maximum Gasteiger partial charge on any atom is 0.223 e. The van der Waals surface area contributed by atoms with Crippen molar-refractivity contribution >= 4 is 5.91 Å². The van der Waals surface area contributed by atoms with Crippen molar-refractivity contribution in [3.8, 4) is 0 Å². The Morgan fingerprint density at radius 2 is 1.89 bits per heavy atom. The average Bonchev–Trinajstić information content (AvgIpc) is 2.56. The number of rotatable bonds is 4. The lowest BCUT2D eigenvalue weighted by Gasteiger charge is -2.27. The highest BCUT2D eigenvalue weighted by Crippen LogP contribution is 2.34. The molecule has 0 aromatic carbocycles.